The monoisotopic (exact) mass is 478 g/mol. The topological polar surface area (TPSA) is 90.0 Å². The van der Waals surface area contributed by atoms with E-state index in [1.165, 1.54) is 38.2 Å². The molecule has 0 unspecified atom stereocenters. The standard InChI is InChI=1S/C23H31FN4O4S/c1-6-21(23(30)25-3)27(15-18-10-8-7-9-17(18)2)22(29)16-28(33(31,32)26(4)5)20-13-11-19(24)12-14-20/h7-14,21H,6,15-16H2,1-5H3,(H,25,30)/t21-/m0/s1. The first-order chi connectivity index (χ1) is 15.5. The van der Waals surface area contributed by atoms with Crippen molar-refractivity contribution in [3.63, 3.8) is 0 Å². The van der Waals surface area contributed by atoms with Gasteiger partial charge in [-0.2, -0.15) is 12.7 Å². The predicted octanol–water partition coefficient (Wildman–Crippen LogP) is 2.30. The van der Waals surface area contributed by atoms with Crippen LogP contribution in [0.5, 0.6) is 0 Å². The van der Waals surface area contributed by atoms with Gasteiger partial charge in [0.2, 0.25) is 11.8 Å². The van der Waals surface area contributed by atoms with E-state index in [4.69, 9.17) is 0 Å². The van der Waals surface area contributed by atoms with E-state index in [-0.39, 0.29) is 18.1 Å². The molecule has 0 saturated carbocycles. The number of carbonyl (C=O) groups excluding carboxylic acids is 2. The van der Waals surface area contributed by atoms with Crippen LogP contribution in [0.4, 0.5) is 10.1 Å². The molecule has 0 heterocycles. The van der Waals surface area contributed by atoms with Crippen LogP contribution in [0.3, 0.4) is 0 Å². The predicted molar refractivity (Wildman–Crippen MR) is 126 cm³/mol. The van der Waals surface area contributed by atoms with E-state index >= 15 is 0 Å². The number of anilines is 1. The zero-order chi connectivity index (χ0) is 24.8. The quantitative estimate of drug-likeness (QED) is 0.568. The van der Waals surface area contributed by atoms with E-state index < -0.39 is 34.5 Å². The average molecular weight is 479 g/mol. The fourth-order valence-corrected chi connectivity index (χ4v) is 4.44. The Hall–Kier alpha value is -2.98. The molecule has 0 bridgehead atoms. The summed E-state index contributed by atoms with van der Waals surface area (Å²) in [5.74, 6) is -1.43. The minimum atomic E-state index is -4.08. The fourth-order valence-electron chi connectivity index (χ4n) is 3.38. The van der Waals surface area contributed by atoms with Gasteiger partial charge in [0.05, 0.1) is 5.69 Å². The van der Waals surface area contributed by atoms with Crippen molar-refractivity contribution in [2.24, 2.45) is 0 Å². The lowest BCUT2D eigenvalue weighted by molar-refractivity contribution is -0.140. The van der Waals surface area contributed by atoms with Crippen molar-refractivity contribution in [1.29, 1.82) is 0 Å². The smallest absolute Gasteiger partial charge is 0.304 e. The van der Waals surface area contributed by atoms with Crippen LogP contribution < -0.4 is 9.62 Å². The van der Waals surface area contributed by atoms with Gasteiger partial charge in [-0.1, -0.05) is 31.2 Å². The molecule has 0 aliphatic rings. The normalized spacial score (nSPS) is 12.3. The third-order valence-electron chi connectivity index (χ3n) is 5.37. The van der Waals surface area contributed by atoms with Crippen molar-refractivity contribution in [3.8, 4) is 0 Å². The number of hydrogen-bond donors (Lipinski definition) is 1. The van der Waals surface area contributed by atoms with E-state index in [1.54, 1.807) is 6.92 Å². The highest BCUT2D eigenvalue weighted by atomic mass is 32.2. The van der Waals surface area contributed by atoms with Crippen molar-refractivity contribution in [1.82, 2.24) is 14.5 Å². The van der Waals surface area contributed by atoms with Crippen molar-refractivity contribution in [3.05, 3.63) is 65.5 Å². The molecular weight excluding hydrogens is 447 g/mol. The van der Waals surface area contributed by atoms with E-state index in [1.807, 2.05) is 31.2 Å². The highest BCUT2D eigenvalue weighted by Gasteiger charge is 2.33. The van der Waals surface area contributed by atoms with Crippen LogP contribution in [0.25, 0.3) is 0 Å². The Kier molecular flexibility index (Phi) is 8.95. The second kappa shape index (κ2) is 11.2. The zero-order valence-electron chi connectivity index (χ0n) is 19.6. The number of aryl methyl sites for hydroxylation is 1. The van der Waals surface area contributed by atoms with Crippen LogP contribution >= 0.6 is 0 Å². The van der Waals surface area contributed by atoms with Gasteiger partial charge in [0.1, 0.15) is 18.4 Å². The fraction of sp³-hybridized carbons (Fsp3) is 0.391. The molecule has 8 nitrogen and oxygen atoms in total. The van der Waals surface area contributed by atoms with Gasteiger partial charge >= 0.3 is 10.2 Å². The molecule has 1 N–H and O–H groups in total. The summed E-state index contributed by atoms with van der Waals surface area (Å²) in [4.78, 5) is 27.5. The van der Waals surface area contributed by atoms with Gasteiger partial charge in [-0.05, 0) is 48.7 Å². The number of benzene rings is 2. The summed E-state index contributed by atoms with van der Waals surface area (Å²) >= 11 is 0. The minimum absolute atomic E-state index is 0.136. The number of nitrogens with zero attached hydrogens (tertiary/aromatic N) is 3. The van der Waals surface area contributed by atoms with Gasteiger partial charge in [-0.15, -0.1) is 0 Å². The third kappa shape index (κ3) is 6.29. The van der Waals surface area contributed by atoms with E-state index in [0.29, 0.717) is 6.42 Å². The third-order valence-corrected chi connectivity index (χ3v) is 7.19. The Balaban J connectivity index is 2.50. The maximum absolute atomic E-state index is 13.5. The minimum Gasteiger partial charge on any atom is -0.357 e. The average Bonchev–Trinajstić information content (AvgIpc) is 2.78. The van der Waals surface area contributed by atoms with Crippen LogP contribution in [0, 0.1) is 12.7 Å². The van der Waals surface area contributed by atoms with Gasteiger partial charge in [0, 0.05) is 27.7 Å². The first kappa shape index (κ1) is 26.3. The van der Waals surface area contributed by atoms with Gasteiger partial charge < -0.3 is 10.2 Å². The maximum Gasteiger partial charge on any atom is 0.304 e. The lowest BCUT2D eigenvalue weighted by Gasteiger charge is -2.34. The van der Waals surface area contributed by atoms with Crippen LogP contribution in [0.1, 0.15) is 24.5 Å². The molecule has 0 fully saturated rings. The second-order valence-electron chi connectivity index (χ2n) is 7.76. The number of rotatable bonds is 10. The summed E-state index contributed by atoms with van der Waals surface area (Å²) in [7, 11) is 0.108. The second-order valence-corrected chi connectivity index (χ2v) is 9.83. The molecule has 0 aromatic heterocycles. The molecule has 0 aliphatic carbocycles. The first-order valence-corrected chi connectivity index (χ1v) is 11.9. The van der Waals surface area contributed by atoms with Crippen molar-refractivity contribution in [2.45, 2.75) is 32.9 Å². The van der Waals surface area contributed by atoms with Gasteiger partial charge in [0.25, 0.3) is 0 Å². The van der Waals surface area contributed by atoms with E-state index in [9.17, 15) is 22.4 Å². The molecule has 0 radical (unpaired) electrons. The van der Waals surface area contributed by atoms with E-state index in [0.717, 1.165) is 31.9 Å². The maximum atomic E-state index is 13.5. The molecule has 0 aliphatic heterocycles. The molecule has 2 aromatic rings. The molecule has 33 heavy (non-hydrogen) atoms. The molecule has 2 aromatic carbocycles. The zero-order valence-corrected chi connectivity index (χ0v) is 20.4. The molecule has 1 atom stereocenters. The molecule has 10 heteroatoms. The Morgan fingerprint density at radius 1 is 1.06 bits per heavy atom. The molecule has 180 valence electrons. The summed E-state index contributed by atoms with van der Waals surface area (Å²) < 4.78 is 41.4. The Bertz CT molecular complexity index is 1070. The SMILES string of the molecule is CC[C@@H](C(=O)NC)N(Cc1ccccc1C)C(=O)CN(c1ccc(F)cc1)S(=O)(=O)N(C)C. The van der Waals surface area contributed by atoms with Crippen LogP contribution in [0.15, 0.2) is 48.5 Å². The van der Waals surface area contributed by atoms with Gasteiger partial charge in [0.15, 0.2) is 0 Å². The summed E-state index contributed by atoms with van der Waals surface area (Å²) in [6.07, 6.45) is 0.342. The van der Waals surface area contributed by atoms with E-state index in [2.05, 4.69) is 5.32 Å². The molecular formula is C23H31FN4O4S. The number of hydrogen-bond acceptors (Lipinski definition) is 4. The molecule has 2 amide bonds. The molecule has 0 saturated heterocycles. The highest BCUT2D eigenvalue weighted by Crippen LogP contribution is 2.22. The number of likely N-dealkylation sites (N-methyl/N-ethyl adjacent to an activating group) is 1. The lowest BCUT2D eigenvalue weighted by Crippen LogP contribution is -2.53. The Morgan fingerprint density at radius 3 is 2.18 bits per heavy atom. The summed E-state index contributed by atoms with van der Waals surface area (Å²) in [5.41, 5.74) is 1.93. The van der Waals surface area contributed by atoms with Crippen molar-refractivity contribution >= 4 is 27.7 Å². The summed E-state index contributed by atoms with van der Waals surface area (Å²) in [6, 6.07) is 11.5. The molecule has 0 spiro atoms. The van der Waals surface area contributed by atoms with Crippen molar-refractivity contribution < 1.29 is 22.4 Å². The number of amides is 2. The van der Waals surface area contributed by atoms with Crippen LogP contribution in [-0.4, -0.2) is 63.2 Å². The molecule has 2 rings (SSSR count). The van der Waals surface area contributed by atoms with Crippen LogP contribution in [-0.2, 0) is 26.3 Å². The van der Waals surface area contributed by atoms with Gasteiger partial charge in [-0.25, -0.2) is 8.70 Å². The lowest BCUT2D eigenvalue weighted by atomic mass is 10.1. The largest absolute Gasteiger partial charge is 0.357 e. The summed E-state index contributed by atoms with van der Waals surface area (Å²) in [6.45, 7) is 3.27. The van der Waals surface area contributed by atoms with Crippen LogP contribution in [0.2, 0.25) is 0 Å². The number of halogens is 1. The number of nitrogens with one attached hydrogen (secondary N) is 1. The number of carbonyl (C=O) groups is 2. The van der Waals surface area contributed by atoms with Gasteiger partial charge in [-0.3, -0.25) is 9.59 Å². The van der Waals surface area contributed by atoms with Crippen molar-refractivity contribution in [2.75, 3.05) is 32.0 Å². The Labute approximate surface area is 195 Å². The highest BCUT2D eigenvalue weighted by molar-refractivity contribution is 7.90. The first-order valence-electron chi connectivity index (χ1n) is 10.5. The summed E-state index contributed by atoms with van der Waals surface area (Å²) in [5, 5.41) is 2.58. The Morgan fingerprint density at radius 2 is 1.67 bits per heavy atom.